The quantitative estimate of drug-likeness (QED) is 0.774. The molecule has 3 heteroatoms. The fourth-order valence-electron chi connectivity index (χ4n) is 2.74. The van der Waals surface area contributed by atoms with Gasteiger partial charge in [0.05, 0.1) is 5.56 Å². The van der Waals surface area contributed by atoms with E-state index in [0.29, 0.717) is 5.56 Å². The highest BCUT2D eigenvalue weighted by Gasteiger charge is 2.12. The number of aromatic carboxylic acids is 1. The molecule has 0 unspecified atom stereocenters. The van der Waals surface area contributed by atoms with Gasteiger partial charge in [0.25, 0.3) is 0 Å². The Kier molecular flexibility index (Phi) is 6.20. The van der Waals surface area contributed by atoms with Gasteiger partial charge in [-0.25, -0.2) is 4.79 Å². The van der Waals surface area contributed by atoms with E-state index in [1.807, 2.05) is 12.1 Å². The van der Waals surface area contributed by atoms with Gasteiger partial charge in [-0.15, -0.1) is 0 Å². The van der Waals surface area contributed by atoms with Crippen molar-refractivity contribution in [1.82, 2.24) is 4.90 Å². The normalized spacial score (nSPS) is 15.9. The van der Waals surface area contributed by atoms with Crippen LogP contribution in [0.1, 0.15) is 49.0 Å². The van der Waals surface area contributed by atoms with Gasteiger partial charge in [-0.1, -0.05) is 37.6 Å². The summed E-state index contributed by atoms with van der Waals surface area (Å²) in [6, 6.07) is 7.25. The van der Waals surface area contributed by atoms with E-state index in [0.717, 1.165) is 25.3 Å². The predicted octanol–water partition coefficient (Wildman–Crippen LogP) is 4.00. The standard InChI is InChI=1S/C19H27NO2/c1-15(2)9-12-20-13-10-17(11-14-20)4-3-16-5-7-18(8-6-16)19(21)22/h5-8,10,15H,3-4,9,11-14H2,1-2H3,(H,21,22). The summed E-state index contributed by atoms with van der Waals surface area (Å²) in [5, 5.41) is 8.90. The summed E-state index contributed by atoms with van der Waals surface area (Å²) < 4.78 is 0. The zero-order valence-corrected chi connectivity index (χ0v) is 13.7. The molecule has 0 saturated carbocycles. The highest BCUT2D eigenvalue weighted by atomic mass is 16.4. The largest absolute Gasteiger partial charge is 0.478 e. The Morgan fingerprint density at radius 3 is 2.50 bits per heavy atom. The van der Waals surface area contributed by atoms with Crippen molar-refractivity contribution in [2.75, 3.05) is 19.6 Å². The third-order valence-electron chi connectivity index (χ3n) is 4.35. The zero-order chi connectivity index (χ0) is 15.9. The van der Waals surface area contributed by atoms with Gasteiger partial charge in [0.2, 0.25) is 0 Å². The molecule has 0 aliphatic carbocycles. The number of rotatable bonds is 7. The van der Waals surface area contributed by atoms with Crippen LogP contribution < -0.4 is 0 Å². The second-order valence-corrected chi connectivity index (χ2v) is 6.60. The number of hydrogen-bond acceptors (Lipinski definition) is 2. The number of carbonyl (C=O) groups is 1. The maximum atomic E-state index is 10.8. The number of aryl methyl sites for hydroxylation is 1. The molecule has 1 heterocycles. The van der Waals surface area contributed by atoms with Gasteiger partial charge in [-0.2, -0.15) is 0 Å². The minimum absolute atomic E-state index is 0.362. The molecule has 0 saturated heterocycles. The average molecular weight is 301 g/mol. The van der Waals surface area contributed by atoms with Crippen LogP contribution in [0.5, 0.6) is 0 Å². The first-order chi connectivity index (χ1) is 10.5. The smallest absolute Gasteiger partial charge is 0.335 e. The molecular formula is C19H27NO2. The van der Waals surface area contributed by atoms with Crippen molar-refractivity contribution in [1.29, 1.82) is 0 Å². The maximum Gasteiger partial charge on any atom is 0.335 e. The van der Waals surface area contributed by atoms with Crippen molar-refractivity contribution >= 4 is 5.97 Å². The summed E-state index contributed by atoms with van der Waals surface area (Å²) in [6.45, 7) is 8.02. The average Bonchev–Trinajstić information content (AvgIpc) is 2.52. The number of carboxylic acid groups (broad SMARTS) is 1. The number of nitrogens with zero attached hydrogens (tertiary/aromatic N) is 1. The molecule has 1 aromatic carbocycles. The van der Waals surface area contributed by atoms with E-state index in [1.54, 1.807) is 17.7 Å². The van der Waals surface area contributed by atoms with Gasteiger partial charge >= 0.3 is 5.97 Å². The highest BCUT2D eigenvalue weighted by molar-refractivity contribution is 5.87. The van der Waals surface area contributed by atoms with Gasteiger partial charge in [0.1, 0.15) is 0 Å². The Morgan fingerprint density at radius 1 is 1.23 bits per heavy atom. The summed E-state index contributed by atoms with van der Waals surface area (Å²) in [7, 11) is 0. The van der Waals surface area contributed by atoms with Crippen LogP contribution in [0.25, 0.3) is 0 Å². The summed E-state index contributed by atoms with van der Waals surface area (Å²) in [4.78, 5) is 13.4. The topological polar surface area (TPSA) is 40.5 Å². The van der Waals surface area contributed by atoms with E-state index >= 15 is 0 Å². The van der Waals surface area contributed by atoms with Crippen LogP contribution >= 0.6 is 0 Å². The minimum atomic E-state index is -0.858. The van der Waals surface area contributed by atoms with Gasteiger partial charge in [-0.05, 0) is 55.8 Å². The highest BCUT2D eigenvalue weighted by Crippen LogP contribution is 2.18. The zero-order valence-electron chi connectivity index (χ0n) is 13.7. The molecular weight excluding hydrogens is 274 g/mol. The predicted molar refractivity (Wildman–Crippen MR) is 90.3 cm³/mol. The van der Waals surface area contributed by atoms with Crippen molar-refractivity contribution in [3.8, 4) is 0 Å². The Hall–Kier alpha value is -1.61. The van der Waals surface area contributed by atoms with E-state index in [2.05, 4.69) is 24.8 Å². The first kappa shape index (κ1) is 16.8. The molecule has 1 aliphatic rings. The van der Waals surface area contributed by atoms with E-state index in [9.17, 15) is 4.79 Å². The first-order valence-corrected chi connectivity index (χ1v) is 8.27. The molecule has 2 rings (SSSR count). The molecule has 1 aliphatic heterocycles. The molecule has 3 nitrogen and oxygen atoms in total. The van der Waals surface area contributed by atoms with Crippen molar-refractivity contribution in [3.63, 3.8) is 0 Å². The Bertz CT molecular complexity index is 517. The molecule has 1 aromatic rings. The van der Waals surface area contributed by atoms with Crippen molar-refractivity contribution < 1.29 is 9.90 Å². The van der Waals surface area contributed by atoms with Crippen molar-refractivity contribution in [2.45, 2.75) is 39.5 Å². The van der Waals surface area contributed by atoms with Crippen LogP contribution in [0.2, 0.25) is 0 Å². The summed E-state index contributed by atoms with van der Waals surface area (Å²) >= 11 is 0. The van der Waals surface area contributed by atoms with E-state index < -0.39 is 5.97 Å². The monoisotopic (exact) mass is 301 g/mol. The lowest BCUT2D eigenvalue weighted by Crippen LogP contribution is -2.30. The van der Waals surface area contributed by atoms with Crippen LogP contribution in [0.4, 0.5) is 0 Å². The van der Waals surface area contributed by atoms with Gasteiger partial charge < -0.3 is 5.11 Å². The fourth-order valence-corrected chi connectivity index (χ4v) is 2.74. The van der Waals surface area contributed by atoms with Crippen LogP contribution in [0, 0.1) is 5.92 Å². The molecule has 0 spiro atoms. The van der Waals surface area contributed by atoms with Gasteiger partial charge in [0.15, 0.2) is 0 Å². The van der Waals surface area contributed by atoms with Crippen molar-refractivity contribution in [2.24, 2.45) is 5.92 Å². The SMILES string of the molecule is CC(C)CCN1CC=C(CCc2ccc(C(=O)O)cc2)CC1. The third kappa shape index (κ3) is 5.30. The van der Waals surface area contributed by atoms with E-state index in [1.165, 1.54) is 31.5 Å². The fraction of sp³-hybridized carbons (Fsp3) is 0.526. The molecule has 0 radical (unpaired) electrons. The lowest BCUT2D eigenvalue weighted by atomic mass is 9.98. The van der Waals surface area contributed by atoms with E-state index in [4.69, 9.17) is 5.11 Å². The van der Waals surface area contributed by atoms with E-state index in [-0.39, 0.29) is 0 Å². The lowest BCUT2D eigenvalue weighted by Gasteiger charge is -2.27. The van der Waals surface area contributed by atoms with Crippen LogP contribution in [0.15, 0.2) is 35.9 Å². The first-order valence-electron chi connectivity index (χ1n) is 8.27. The van der Waals surface area contributed by atoms with Crippen LogP contribution in [-0.2, 0) is 6.42 Å². The van der Waals surface area contributed by atoms with Crippen molar-refractivity contribution in [3.05, 3.63) is 47.0 Å². The van der Waals surface area contributed by atoms with Crippen LogP contribution in [0.3, 0.4) is 0 Å². The number of hydrogen-bond donors (Lipinski definition) is 1. The minimum Gasteiger partial charge on any atom is -0.478 e. The molecule has 120 valence electrons. The van der Waals surface area contributed by atoms with Gasteiger partial charge in [0, 0.05) is 13.1 Å². The maximum absolute atomic E-state index is 10.8. The molecule has 1 N–H and O–H groups in total. The Morgan fingerprint density at radius 2 is 1.95 bits per heavy atom. The molecule has 22 heavy (non-hydrogen) atoms. The summed E-state index contributed by atoms with van der Waals surface area (Å²) in [6.07, 6.45) is 6.92. The third-order valence-corrected chi connectivity index (χ3v) is 4.35. The lowest BCUT2D eigenvalue weighted by molar-refractivity contribution is 0.0697. The summed E-state index contributed by atoms with van der Waals surface area (Å²) in [5.41, 5.74) is 3.12. The van der Waals surface area contributed by atoms with Crippen LogP contribution in [-0.4, -0.2) is 35.6 Å². The molecule has 0 atom stereocenters. The molecule has 0 bridgehead atoms. The second kappa shape index (κ2) is 8.14. The summed E-state index contributed by atoms with van der Waals surface area (Å²) in [5.74, 6) is -0.0813. The number of benzene rings is 1. The number of carboxylic acids is 1. The Balaban J connectivity index is 1.76. The Labute approximate surface area is 133 Å². The molecule has 0 fully saturated rings. The molecule has 0 aromatic heterocycles. The molecule has 0 amide bonds. The van der Waals surface area contributed by atoms with Gasteiger partial charge in [-0.3, -0.25) is 4.90 Å². The second-order valence-electron chi connectivity index (χ2n) is 6.60.